The van der Waals surface area contributed by atoms with E-state index in [1.165, 1.54) is 15.6 Å². The van der Waals surface area contributed by atoms with Crippen LogP contribution in [0.3, 0.4) is 0 Å². The van der Waals surface area contributed by atoms with E-state index in [2.05, 4.69) is 4.98 Å². The number of rotatable bonds is 7. The predicted octanol–water partition coefficient (Wildman–Crippen LogP) is 3.12. The highest BCUT2D eigenvalue weighted by molar-refractivity contribution is 7.89. The minimum Gasteiger partial charge on any atom is -0.461 e. The van der Waals surface area contributed by atoms with Crippen LogP contribution in [0.2, 0.25) is 0 Å². The minimum atomic E-state index is -3.59. The summed E-state index contributed by atoms with van der Waals surface area (Å²) in [5, 5.41) is 2.70. The van der Waals surface area contributed by atoms with Gasteiger partial charge in [-0.15, -0.1) is 11.3 Å². The van der Waals surface area contributed by atoms with E-state index in [1.807, 2.05) is 35.7 Å². The van der Waals surface area contributed by atoms with E-state index in [-0.39, 0.29) is 17.9 Å². The highest BCUT2D eigenvalue weighted by Gasteiger charge is 2.26. The lowest BCUT2D eigenvalue weighted by molar-refractivity contribution is -0.144. The average Bonchev–Trinajstić information content (AvgIpc) is 3.27. The van der Waals surface area contributed by atoms with Crippen molar-refractivity contribution in [2.75, 3.05) is 26.3 Å². The summed E-state index contributed by atoms with van der Waals surface area (Å²) in [5.74, 6) is -0.411. The number of ether oxygens (including phenoxy) is 2. The van der Waals surface area contributed by atoms with Crippen molar-refractivity contribution >= 4 is 27.3 Å². The van der Waals surface area contributed by atoms with Crippen molar-refractivity contribution in [3.63, 3.8) is 0 Å². The second-order valence-electron chi connectivity index (χ2n) is 7.01. The molecule has 0 unspecified atom stereocenters. The Kier molecular flexibility index (Phi) is 6.77. The van der Waals surface area contributed by atoms with Gasteiger partial charge in [0.2, 0.25) is 10.0 Å². The number of carbonyl (C=O) groups excluding carboxylic acids is 1. The summed E-state index contributed by atoms with van der Waals surface area (Å²) in [4.78, 5) is 16.9. The molecule has 0 radical (unpaired) electrons. The van der Waals surface area contributed by atoms with Gasteiger partial charge in [0.1, 0.15) is 11.6 Å². The molecular weight excluding hydrogens is 436 g/mol. The maximum atomic E-state index is 12.8. The second-order valence-corrected chi connectivity index (χ2v) is 9.81. The maximum Gasteiger partial charge on any atom is 0.312 e. The number of aromatic nitrogens is 1. The highest BCUT2D eigenvalue weighted by atomic mass is 32.2. The minimum absolute atomic E-state index is 0.000976. The Morgan fingerprint density at radius 3 is 2.65 bits per heavy atom. The number of hydrogen-bond acceptors (Lipinski definition) is 7. The average molecular weight is 459 g/mol. The quantitative estimate of drug-likeness (QED) is 0.506. The fourth-order valence-corrected chi connectivity index (χ4v) is 5.50. The van der Waals surface area contributed by atoms with Crippen LogP contribution in [0.5, 0.6) is 0 Å². The van der Waals surface area contributed by atoms with E-state index in [1.54, 1.807) is 24.3 Å². The summed E-state index contributed by atoms with van der Waals surface area (Å²) in [6, 6.07) is 16.3. The first-order valence-corrected chi connectivity index (χ1v) is 12.2. The second kappa shape index (κ2) is 9.69. The van der Waals surface area contributed by atoms with E-state index < -0.39 is 16.0 Å². The van der Waals surface area contributed by atoms with Gasteiger partial charge >= 0.3 is 5.97 Å². The number of sulfonamides is 1. The topological polar surface area (TPSA) is 85.8 Å². The number of morpholine rings is 1. The molecule has 2 aromatic carbocycles. The van der Waals surface area contributed by atoms with Gasteiger partial charge in [-0.1, -0.05) is 42.5 Å². The third kappa shape index (κ3) is 5.37. The van der Waals surface area contributed by atoms with E-state index in [4.69, 9.17) is 9.47 Å². The van der Waals surface area contributed by atoms with Gasteiger partial charge in [0.05, 0.1) is 30.2 Å². The molecule has 1 aromatic heterocycles. The molecule has 9 heteroatoms. The summed E-state index contributed by atoms with van der Waals surface area (Å²) >= 11 is 1.48. The molecule has 3 aromatic rings. The molecular formula is C22H22N2O5S2. The largest absolute Gasteiger partial charge is 0.461 e. The van der Waals surface area contributed by atoms with Gasteiger partial charge < -0.3 is 9.47 Å². The van der Waals surface area contributed by atoms with Crippen molar-refractivity contribution in [3.05, 3.63) is 71.2 Å². The standard InChI is InChI=1S/C22H22N2O5S2/c25-21(14-19-16-30-22(23-19)18-6-2-1-3-7-18)29-15-17-5-4-8-20(13-17)31(26,27)24-9-11-28-12-10-24/h1-8,13,16H,9-12,14-15H2. The van der Waals surface area contributed by atoms with Crippen LogP contribution in [-0.2, 0) is 37.3 Å². The van der Waals surface area contributed by atoms with Crippen LogP contribution in [0.1, 0.15) is 11.3 Å². The Balaban J connectivity index is 1.36. The molecule has 1 saturated heterocycles. The lowest BCUT2D eigenvalue weighted by Gasteiger charge is -2.26. The molecule has 1 fully saturated rings. The third-order valence-electron chi connectivity index (χ3n) is 4.80. The Morgan fingerprint density at radius 2 is 1.87 bits per heavy atom. The van der Waals surface area contributed by atoms with E-state index in [9.17, 15) is 13.2 Å². The van der Waals surface area contributed by atoms with Crippen LogP contribution in [0.15, 0.2) is 64.9 Å². The van der Waals surface area contributed by atoms with Crippen LogP contribution >= 0.6 is 11.3 Å². The fourth-order valence-electron chi connectivity index (χ4n) is 3.20. The zero-order chi connectivity index (χ0) is 21.7. The summed E-state index contributed by atoms with van der Waals surface area (Å²) in [5.41, 5.74) is 2.27. The molecule has 0 spiro atoms. The van der Waals surface area contributed by atoms with E-state index in [0.29, 0.717) is 37.6 Å². The van der Waals surface area contributed by atoms with E-state index in [0.717, 1.165) is 10.6 Å². The highest BCUT2D eigenvalue weighted by Crippen LogP contribution is 2.24. The molecule has 1 aliphatic heterocycles. The van der Waals surface area contributed by atoms with Crippen molar-refractivity contribution in [3.8, 4) is 10.6 Å². The molecule has 0 N–H and O–H groups in total. The molecule has 31 heavy (non-hydrogen) atoms. The van der Waals surface area contributed by atoms with Crippen LogP contribution in [-0.4, -0.2) is 50.0 Å². The first-order chi connectivity index (χ1) is 15.0. The zero-order valence-corrected chi connectivity index (χ0v) is 18.4. The van der Waals surface area contributed by atoms with Crippen molar-refractivity contribution in [1.29, 1.82) is 0 Å². The first kappa shape index (κ1) is 21.6. The van der Waals surface area contributed by atoms with Crippen molar-refractivity contribution in [2.45, 2.75) is 17.9 Å². The number of nitrogens with zero attached hydrogens (tertiary/aromatic N) is 2. The Morgan fingerprint density at radius 1 is 1.10 bits per heavy atom. The Bertz CT molecular complexity index is 1140. The zero-order valence-electron chi connectivity index (χ0n) is 16.8. The van der Waals surface area contributed by atoms with Crippen molar-refractivity contribution in [1.82, 2.24) is 9.29 Å². The van der Waals surface area contributed by atoms with Crippen LogP contribution in [0, 0.1) is 0 Å². The van der Waals surface area contributed by atoms with Gasteiger partial charge in [-0.3, -0.25) is 4.79 Å². The fraction of sp³-hybridized carbons (Fsp3) is 0.273. The molecule has 162 valence electrons. The monoisotopic (exact) mass is 458 g/mol. The number of carbonyl (C=O) groups is 1. The lowest BCUT2D eigenvalue weighted by Crippen LogP contribution is -2.40. The molecule has 1 aliphatic rings. The lowest BCUT2D eigenvalue weighted by atomic mass is 10.2. The smallest absolute Gasteiger partial charge is 0.312 e. The number of thiazole rings is 1. The van der Waals surface area contributed by atoms with Gasteiger partial charge in [-0.25, -0.2) is 13.4 Å². The number of benzene rings is 2. The molecule has 0 atom stereocenters. The molecule has 7 nitrogen and oxygen atoms in total. The van der Waals surface area contributed by atoms with Gasteiger partial charge in [-0.05, 0) is 17.7 Å². The van der Waals surface area contributed by atoms with Crippen molar-refractivity contribution in [2.24, 2.45) is 0 Å². The van der Waals surface area contributed by atoms with Crippen LogP contribution in [0.4, 0.5) is 0 Å². The molecule has 0 amide bonds. The Labute approximate surface area is 185 Å². The van der Waals surface area contributed by atoms with Gasteiger partial charge in [0.15, 0.2) is 0 Å². The van der Waals surface area contributed by atoms with Gasteiger partial charge in [0, 0.05) is 24.0 Å². The molecule has 0 aliphatic carbocycles. The number of hydrogen-bond donors (Lipinski definition) is 0. The summed E-state index contributed by atoms with van der Waals surface area (Å²) in [6.45, 7) is 1.44. The van der Waals surface area contributed by atoms with Gasteiger partial charge in [0.25, 0.3) is 0 Å². The summed E-state index contributed by atoms with van der Waals surface area (Å²) in [6.07, 6.45) is 0.0646. The van der Waals surface area contributed by atoms with Crippen LogP contribution in [0.25, 0.3) is 10.6 Å². The van der Waals surface area contributed by atoms with Crippen molar-refractivity contribution < 1.29 is 22.7 Å². The maximum absolute atomic E-state index is 12.8. The summed E-state index contributed by atoms with van der Waals surface area (Å²) in [7, 11) is -3.59. The SMILES string of the molecule is O=C(Cc1csc(-c2ccccc2)n1)OCc1cccc(S(=O)(=O)N2CCOCC2)c1. The third-order valence-corrected chi connectivity index (χ3v) is 7.64. The summed E-state index contributed by atoms with van der Waals surface area (Å²) < 4.78 is 37.6. The molecule has 0 bridgehead atoms. The predicted molar refractivity (Wildman–Crippen MR) is 117 cm³/mol. The first-order valence-electron chi connectivity index (χ1n) is 9.85. The normalized spacial score (nSPS) is 15.0. The van der Waals surface area contributed by atoms with E-state index >= 15 is 0 Å². The Hall–Kier alpha value is -2.59. The van der Waals surface area contributed by atoms with Crippen LogP contribution < -0.4 is 0 Å². The molecule has 4 rings (SSSR count). The number of esters is 1. The van der Waals surface area contributed by atoms with Gasteiger partial charge in [-0.2, -0.15) is 4.31 Å². The molecule has 2 heterocycles. The molecule has 0 saturated carbocycles.